The van der Waals surface area contributed by atoms with Gasteiger partial charge < -0.3 is 10.5 Å². The molecule has 4 heteroatoms. The quantitative estimate of drug-likeness (QED) is 0.881. The first-order chi connectivity index (χ1) is 8.56. The van der Waals surface area contributed by atoms with E-state index >= 15 is 0 Å². The molecule has 0 bridgehead atoms. The van der Waals surface area contributed by atoms with Gasteiger partial charge in [-0.1, -0.05) is 6.92 Å². The molecule has 1 aliphatic rings. The lowest BCUT2D eigenvalue weighted by atomic mass is 9.89. The Morgan fingerprint density at radius 1 is 1.39 bits per heavy atom. The Morgan fingerprint density at radius 2 is 2.06 bits per heavy atom. The summed E-state index contributed by atoms with van der Waals surface area (Å²) >= 11 is 5.22. The van der Waals surface area contributed by atoms with Gasteiger partial charge in [-0.25, -0.2) is 0 Å². The first kappa shape index (κ1) is 14.5. The lowest BCUT2D eigenvalue weighted by Gasteiger charge is -2.31. The maximum atomic E-state index is 6.27. The van der Waals surface area contributed by atoms with Crippen LogP contribution < -0.4 is 5.73 Å². The van der Waals surface area contributed by atoms with Crippen molar-refractivity contribution in [2.24, 2.45) is 11.7 Å². The summed E-state index contributed by atoms with van der Waals surface area (Å²) in [5.41, 5.74) is 6.09. The molecule has 0 aliphatic heterocycles. The molecule has 18 heavy (non-hydrogen) atoms. The van der Waals surface area contributed by atoms with Gasteiger partial charge in [0.2, 0.25) is 0 Å². The van der Waals surface area contributed by atoms with Crippen LogP contribution in [0.1, 0.15) is 50.5 Å². The standard InChI is InChI=1S/C14H22BrNOS/c1-9-3-5-12(6-4-9)17-14(10(2)16)13-7-11(15)8-18-13/h7-10,12,14H,3-6,16H2,1-2H3. The van der Waals surface area contributed by atoms with Gasteiger partial charge in [0, 0.05) is 20.8 Å². The smallest absolute Gasteiger partial charge is 0.107 e. The van der Waals surface area contributed by atoms with Crippen molar-refractivity contribution in [3.63, 3.8) is 0 Å². The Morgan fingerprint density at radius 3 is 2.56 bits per heavy atom. The number of halogens is 1. The van der Waals surface area contributed by atoms with Crippen LogP contribution in [-0.4, -0.2) is 12.1 Å². The Bertz CT molecular complexity index is 372. The van der Waals surface area contributed by atoms with E-state index in [2.05, 4.69) is 34.3 Å². The molecular formula is C14H22BrNOS. The maximum absolute atomic E-state index is 6.27. The second-order valence-corrected chi connectivity index (χ2v) is 7.32. The zero-order chi connectivity index (χ0) is 13.1. The molecule has 1 saturated carbocycles. The van der Waals surface area contributed by atoms with Gasteiger partial charge in [0.05, 0.1) is 6.10 Å². The minimum absolute atomic E-state index is 0.0369. The summed E-state index contributed by atoms with van der Waals surface area (Å²) < 4.78 is 7.38. The number of ether oxygens (including phenoxy) is 1. The largest absolute Gasteiger partial charge is 0.368 e. The average Bonchev–Trinajstić information content (AvgIpc) is 2.74. The summed E-state index contributed by atoms with van der Waals surface area (Å²) in [6.07, 6.45) is 5.35. The molecule has 0 saturated heterocycles. The fourth-order valence-corrected chi connectivity index (χ4v) is 4.10. The van der Waals surface area contributed by atoms with Gasteiger partial charge in [-0.2, -0.15) is 0 Å². The van der Waals surface area contributed by atoms with E-state index in [4.69, 9.17) is 10.5 Å². The minimum atomic E-state index is 0.0369. The zero-order valence-electron chi connectivity index (χ0n) is 11.1. The third-order valence-electron chi connectivity index (χ3n) is 3.65. The van der Waals surface area contributed by atoms with Crippen molar-refractivity contribution in [2.75, 3.05) is 0 Å². The van der Waals surface area contributed by atoms with Crippen LogP contribution in [0.2, 0.25) is 0 Å². The molecule has 1 fully saturated rings. The lowest BCUT2D eigenvalue weighted by molar-refractivity contribution is -0.0443. The van der Waals surface area contributed by atoms with Crippen molar-refractivity contribution in [2.45, 2.75) is 57.8 Å². The Labute approximate surface area is 122 Å². The molecule has 1 aromatic heterocycles. The van der Waals surface area contributed by atoms with Crippen LogP contribution in [-0.2, 0) is 4.74 Å². The van der Waals surface area contributed by atoms with Gasteiger partial charge in [0.25, 0.3) is 0 Å². The van der Waals surface area contributed by atoms with E-state index in [0.717, 1.165) is 10.4 Å². The highest BCUT2D eigenvalue weighted by Crippen LogP contribution is 2.34. The normalized spacial score (nSPS) is 28.0. The molecule has 2 N–H and O–H groups in total. The molecule has 2 atom stereocenters. The topological polar surface area (TPSA) is 35.2 Å². The van der Waals surface area contributed by atoms with E-state index in [1.54, 1.807) is 11.3 Å². The third kappa shape index (κ3) is 3.80. The van der Waals surface area contributed by atoms with Crippen LogP contribution in [0.5, 0.6) is 0 Å². The fraction of sp³-hybridized carbons (Fsp3) is 0.714. The highest BCUT2D eigenvalue weighted by molar-refractivity contribution is 9.10. The molecule has 0 spiro atoms. The van der Waals surface area contributed by atoms with Gasteiger partial charge >= 0.3 is 0 Å². The molecule has 0 amide bonds. The van der Waals surface area contributed by atoms with Crippen LogP contribution >= 0.6 is 27.3 Å². The van der Waals surface area contributed by atoms with Gasteiger partial charge in [-0.3, -0.25) is 0 Å². The first-order valence-electron chi connectivity index (χ1n) is 6.71. The summed E-state index contributed by atoms with van der Waals surface area (Å²) in [5, 5.41) is 2.09. The summed E-state index contributed by atoms with van der Waals surface area (Å²) in [5.74, 6) is 0.856. The summed E-state index contributed by atoms with van der Waals surface area (Å²) in [7, 11) is 0. The number of nitrogens with two attached hydrogens (primary N) is 1. The average molecular weight is 332 g/mol. The van der Waals surface area contributed by atoms with Crippen molar-refractivity contribution < 1.29 is 4.74 Å². The number of hydrogen-bond donors (Lipinski definition) is 1. The van der Waals surface area contributed by atoms with Crippen molar-refractivity contribution in [3.8, 4) is 0 Å². The van der Waals surface area contributed by atoms with Crippen molar-refractivity contribution in [1.82, 2.24) is 0 Å². The van der Waals surface area contributed by atoms with Crippen molar-refractivity contribution in [1.29, 1.82) is 0 Å². The molecule has 2 unspecified atom stereocenters. The third-order valence-corrected chi connectivity index (χ3v) is 5.40. The van der Waals surface area contributed by atoms with E-state index in [9.17, 15) is 0 Å². The zero-order valence-corrected chi connectivity index (χ0v) is 13.5. The van der Waals surface area contributed by atoms with Crippen LogP contribution in [0.15, 0.2) is 15.9 Å². The molecule has 1 aromatic rings. The van der Waals surface area contributed by atoms with Gasteiger partial charge in [-0.05, 0) is 60.5 Å². The lowest BCUT2D eigenvalue weighted by Crippen LogP contribution is -2.31. The highest BCUT2D eigenvalue weighted by atomic mass is 79.9. The second-order valence-electron chi connectivity index (χ2n) is 5.46. The van der Waals surface area contributed by atoms with Gasteiger partial charge in [0.15, 0.2) is 0 Å². The van der Waals surface area contributed by atoms with E-state index in [-0.39, 0.29) is 12.1 Å². The SMILES string of the molecule is CC1CCC(OC(c2cc(Br)cs2)C(C)N)CC1. The molecule has 0 aromatic carbocycles. The van der Waals surface area contributed by atoms with Crippen LogP contribution in [0.3, 0.4) is 0 Å². The van der Waals surface area contributed by atoms with E-state index < -0.39 is 0 Å². The molecular weight excluding hydrogens is 310 g/mol. The first-order valence-corrected chi connectivity index (χ1v) is 8.38. The fourth-order valence-electron chi connectivity index (χ4n) is 2.50. The Hall–Kier alpha value is 0.1000. The molecule has 1 aliphatic carbocycles. The number of rotatable bonds is 4. The molecule has 2 nitrogen and oxygen atoms in total. The minimum Gasteiger partial charge on any atom is -0.368 e. The highest BCUT2D eigenvalue weighted by Gasteiger charge is 2.26. The molecule has 1 heterocycles. The summed E-state index contributed by atoms with van der Waals surface area (Å²) in [6.45, 7) is 4.36. The molecule has 102 valence electrons. The van der Waals surface area contributed by atoms with Crippen molar-refractivity contribution >= 4 is 27.3 Å². The van der Waals surface area contributed by atoms with Crippen LogP contribution in [0.25, 0.3) is 0 Å². The maximum Gasteiger partial charge on any atom is 0.107 e. The second kappa shape index (κ2) is 6.51. The summed E-state index contributed by atoms with van der Waals surface area (Å²) in [4.78, 5) is 1.23. The van der Waals surface area contributed by atoms with E-state index in [1.165, 1.54) is 30.6 Å². The predicted octanol–water partition coefficient (Wildman–Crippen LogP) is 4.49. The van der Waals surface area contributed by atoms with Gasteiger partial charge in [-0.15, -0.1) is 11.3 Å². The van der Waals surface area contributed by atoms with Crippen LogP contribution in [0.4, 0.5) is 0 Å². The Kier molecular flexibility index (Phi) is 5.24. The molecule has 2 rings (SSSR count). The number of thiophene rings is 1. The summed E-state index contributed by atoms with van der Waals surface area (Å²) in [6, 6.07) is 2.17. The Balaban J connectivity index is 1.99. The van der Waals surface area contributed by atoms with E-state index in [0.29, 0.717) is 6.10 Å². The van der Waals surface area contributed by atoms with Crippen molar-refractivity contribution in [3.05, 3.63) is 20.8 Å². The number of hydrogen-bond acceptors (Lipinski definition) is 3. The van der Waals surface area contributed by atoms with Gasteiger partial charge in [0.1, 0.15) is 6.10 Å². The molecule has 0 radical (unpaired) electrons. The predicted molar refractivity (Wildman–Crippen MR) is 80.9 cm³/mol. The van der Waals surface area contributed by atoms with Crippen LogP contribution in [0, 0.1) is 5.92 Å². The monoisotopic (exact) mass is 331 g/mol. The van der Waals surface area contributed by atoms with E-state index in [1.807, 2.05) is 6.92 Å².